The van der Waals surface area contributed by atoms with Crippen molar-refractivity contribution in [3.05, 3.63) is 91.8 Å². The smallest absolute Gasteiger partial charge is 0.264 e. The number of carbonyl (C=O) groups is 6. The molecule has 2 aromatic heterocycles. The zero-order valence-corrected chi connectivity index (χ0v) is 32.3. The number of hydrogen-bond acceptors (Lipinski definition) is 12. The first-order valence-corrected chi connectivity index (χ1v) is 19.4. The molecule has 2 fully saturated rings. The Bertz CT molecular complexity index is 2360. The summed E-state index contributed by atoms with van der Waals surface area (Å²) in [5, 5.41) is 17.3. The van der Waals surface area contributed by atoms with E-state index in [0.717, 1.165) is 37.2 Å². The highest BCUT2D eigenvalue weighted by Crippen LogP contribution is 2.40. The number of piperazine rings is 1. The van der Waals surface area contributed by atoms with E-state index in [4.69, 9.17) is 16.6 Å². The fourth-order valence-corrected chi connectivity index (χ4v) is 8.89. The van der Waals surface area contributed by atoms with Gasteiger partial charge in [-0.1, -0.05) is 29.8 Å². The van der Waals surface area contributed by atoms with E-state index in [-0.39, 0.29) is 48.5 Å². The van der Waals surface area contributed by atoms with Crippen LogP contribution in [0.2, 0.25) is 5.02 Å². The number of hydrogen-bond donors (Lipinski definition) is 3. The predicted molar refractivity (Wildman–Crippen MR) is 206 cm³/mol. The van der Waals surface area contributed by atoms with Crippen LogP contribution < -0.4 is 16.1 Å². The van der Waals surface area contributed by atoms with Crippen LogP contribution in [0, 0.1) is 20.8 Å². The first-order valence-electron chi connectivity index (χ1n) is 18.2. The molecule has 6 amide bonds. The Morgan fingerprint density at radius 1 is 0.946 bits per heavy atom. The average molecular weight is 797 g/mol. The lowest BCUT2D eigenvalue weighted by Gasteiger charge is -2.35. The van der Waals surface area contributed by atoms with Crippen LogP contribution in [-0.4, -0.2) is 109 Å². The summed E-state index contributed by atoms with van der Waals surface area (Å²) in [6.45, 7) is 7.31. The molecule has 2 aromatic carbocycles. The van der Waals surface area contributed by atoms with Crippen LogP contribution in [0.25, 0.3) is 5.00 Å². The van der Waals surface area contributed by atoms with E-state index in [2.05, 4.69) is 40.1 Å². The van der Waals surface area contributed by atoms with Crippen LogP contribution in [-0.2, 0) is 19.2 Å². The summed E-state index contributed by atoms with van der Waals surface area (Å²) >= 11 is 7.88. The fourth-order valence-electron chi connectivity index (χ4n) is 7.55. The third-order valence-corrected chi connectivity index (χ3v) is 12.0. The van der Waals surface area contributed by atoms with Crippen LogP contribution in [0.5, 0.6) is 0 Å². The van der Waals surface area contributed by atoms with Gasteiger partial charge < -0.3 is 10.2 Å². The second-order valence-electron chi connectivity index (χ2n) is 14.0. The van der Waals surface area contributed by atoms with E-state index in [1.54, 1.807) is 33.4 Å². The number of aryl methyl sites for hydroxylation is 2. The van der Waals surface area contributed by atoms with Crippen molar-refractivity contribution in [1.82, 2.24) is 40.3 Å². The van der Waals surface area contributed by atoms with Crippen molar-refractivity contribution in [2.24, 2.45) is 4.99 Å². The molecule has 288 valence electrons. The van der Waals surface area contributed by atoms with Gasteiger partial charge in [-0.05, 0) is 57.0 Å². The molecule has 0 spiro atoms. The predicted octanol–water partition coefficient (Wildman–Crippen LogP) is 2.88. The number of benzene rings is 2. The molecule has 0 saturated carbocycles. The second kappa shape index (κ2) is 14.7. The van der Waals surface area contributed by atoms with Crippen LogP contribution >= 0.6 is 22.9 Å². The molecule has 2 saturated heterocycles. The van der Waals surface area contributed by atoms with Crippen LogP contribution in [0.3, 0.4) is 0 Å². The van der Waals surface area contributed by atoms with Gasteiger partial charge in [0.2, 0.25) is 17.7 Å². The summed E-state index contributed by atoms with van der Waals surface area (Å²) < 4.78 is 2.01. The number of amides is 6. The number of nitrogens with zero attached hydrogens (tertiary/aromatic N) is 7. The maximum absolute atomic E-state index is 13.9. The zero-order valence-electron chi connectivity index (χ0n) is 30.7. The number of imide groups is 2. The van der Waals surface area contributed by atoms with Gasteiger partial charge in [0.15, 0.2) is 5.82 Å². The molecule has 2 atom stereocenters. The summed E-state index contributed by atoms with van der Waals surface area (Å²) in [7, 11) is 0. The highest BCUT2D eigenvalue weighted by atomic mass is 35.5. The highest BCUT2D eigenvalue weighted by molar-refractivity contribution is 7.15. The van der Waals surface area contributed by atoms with Gasteiger partial charge in [-0.3, -0.25) is 54.0 Å². The Balaban J connectivity index is 0.904. The molecule has 6 heterocycles. The third-order valence-electron chi connectivity index (χ3n) is 10.5. The molecular formula is C38H37ClN10O6S. The molecule has 4 aromatic rings. The number of carbonyl (C=O) groups excluding carboxylic acids is 6. The first kappa shape index (κ1) is 37.2. The van der Waals surface area contributed by atoms with Crippen molar-refractivity contribution >= 4 is 69.8 Å². The standard InChI is InChI=1S/C38H37ClN10O6S/c1-19-20(2)56-38-31(19)33(22-7-9-23(39)10-8-22)41-26(34-44-43-21(3)48(34)38)17-30(52)46-13-15-47(16-14-46)45-29(51)18-40-25-6-4-5-24-32(25)37(55)49(36(24)54)27-11-12-28(50)42-35(27)53/h4-10,26-27,40H,11-18H2,1-3H3,(H,45,51)(H,42,50,53)/t26-,27?/m0/s1. The molecule has 3 N–H and O–H groups in total. The number of aliphatic imine (C=N–C) groups is 1. The van der Waals surface area contributed by atoms with E-state index in [1.165, 1.54) is 6.07 Å². The molecule has 4 aliphatic rings. The topological polar surface area (TPSA) is 191 Å². The Morgan fingerprint density at radius 3 is 2.43 bits per heavy atom. The van der Waals surface area contributed by atoms with Crippen molar-refractivity contribution in [3.63, 3.8) is 0 Å². The van der Waals surface area contributed by atoms with Gasteiger partial charge in [-0.25, -0.2) is 5.01 Å². The Labute approximate surface area is 329 Å². The van der Waals surface area contributed by atoms with Gasteiger partial charge in [0.1, 0.15) is 22.9 Å². The molecule has 0 bridgehead atoms. The van der Waals surface area contributed by atoms with Gasteiger partial charge in [-0.2, -0.15) is 0 Å². The SMILES string of the molecule is Cc1sc2c(c1C)C(c1ccc(Cl)cc1)=N[C@@H](CC(=O)N1CCN(NC(=O)CNc3cccc4c3C(=O)N(C3CCC(=O)NC3=O)C4=O)CC1)c1nnc(C)n1-2. The lowest BCUT2D eigenvalue weighted by molar-refractivity contribution is -0.137. The minimum atomic E-state index is -1.10. The van der Waals surface area contributed by atoms with Gasteiger partial charge in [0.25, 0.3) is 17.7 Å². The van der Waals surface area contributed by atoms with Crippen molar-refractivity contribution < 1.29 is 28.8 Å². The van der Waals surface area contributed by atoms with Crippen LogP contribution in [0.4, 0.5) is 5.69 Å². The lowest BCUT2D eigenvalue weighted by Crippen LogP contribution is -2.55. The van der Waals surface area contributed by atoms with E-state index < -0.39 is 41.6 Å². The number of hydrazine groups is 1. The number of thiophene rings is 1. The monoisotopic (exact) mass is 796 g/mol. The van der Waals surface area contributed by atoms with E-state index in [9.17, 15) is 28.8 Å². The summed E-state index contributed by atoms with van der Waals surface area (Å²) in [5.41, 5.74) is 7.04. The molecule has 16 nitrogen and oxygen atoms in total. The van der Waals surface area contributed by atoms with Crippen molar-refractivity contribution in [2.75, 3.05) is 38.0 Å². The number of nitrogens with one attached hydrogen (secondary N) is 3. The number of piperidine rings is 1. The van der Waals surface area contributed by atoms with Crippen LogP contribution in [0.15, 0.2) is 47.5 Å². The Morgan fingerprint density at radius 2 is 1.70 bits per heavy atom. The maximum Gasteiger partial charge on any atom is 0.264 e. The van der Waals surface area contributed by atoms with Gasteiger partial charge in [-0.15, -0.1) is 21.5 Å². The quantitative estimate of drug-likeness (QED) is 0.224. The summed E-state index contributed by atoms with van der Waals surface area (Å²) in [5.74, 6) is -1.65. The maximum atomic E-state index is 13.9. The minimum Gasteiger partial charge on any atom is -0.375 e. The summed E-state index contributed by atoms with van der Waals surface area (Å²) in [6, 6.07) is 10.5. The molecule has 56 heavy (non-hydrogen) atoms. The first-order chi connectivity index (χ1) is 26.9. The average Bonchev–Trinajstić information content (AvgIpc) is 3.75. The highest BCUT2D eigenvalue weighted by Gasteiger charge is 2.45. The van der Waals surface area contributed by atoms with Crippen LogP contribution in [0.1, 0.15) is 79.2 Å². The summed E-state index contributed by atoms with van der Waals surface area (Å²) in [4.78, 5) is 86.6. The minimum absolute atomic E-state index is 0.0121. The molecule has 18 heteroatoms. The molecule has 8 rings (SSSR count). The van der Waals surface area contributed by atoms with Crippen molar-refractivity contribution in [1.29, 1.82) is 0 Å². The molecular weight excluding hydrogens is 760 g/mol. The van der Waals surface area contributed by atoms with Gasteiger partial charge in [0.05, 0.1) is 29.8 Å². The largest absolute Gasteiger partial charge is 0.375 e. The van der Waals surface area contributed by atoms with Gasteiger partial charge >= 0.3 is 0 Å². The van der Waals surface area contributed by atoms with Crippen molar-refractivity contribution in [2.45, 2.75) is 52.1 Å². The molecule has 0 radical (unpaired) electrons. The number of halogens is 1. The second-order valence-corrected chi connectivity index (χ2v) is 15.7. The molecule has 1 unspecified atom stereocenters. The zero-order chi connectivity index (χ0) is 39.4. The Kier molecular flexibility index (Phi) is 9.76. The third kappa shape index (κ3) is 6.64. The van der Waals surface area contributed by atoms with E-state index in [0.29, 0.717) is 42.9 Å². The number of aromatic nitrogens is 3. The number of fused-ring (bicyclic) bond motifs is 4. The summed E-state index contributed by atoms with van der Waals surface area (Å²) in [6.07, 6.45) is 0.123. The number of anilines is 1. The molecule has 0 aliphatic carbocycles. The molecule has 4 aliphatic heterocycles. The normalized spacial score (nSPS) is 19.5. The number of rotatable bonds is 8. The van der Waals surface area contributed by atoms with E-state index >= 15 is 0 Å². The fraction of sp³-hybridized carbons (Fsp3) is 0.342. The Hall–Kier alpha value is -5.78. The van der Waals surface area contributed by atoms with Crippen molar-refractivity contribution in [3.8, 4) is 5.00 Å². The van der Waals surface area contributed by atoms with E-state index in [1.807, 2.05) is 35.8 Å². The lowest BCUT2D eigenvalue weighted by atomic mass is 9.99. The van der Waals surface area contributed by atoms with Gasteiger partial charge in [0, 0.05) is 59.3 Å².